The summed E-state index contributed by atoms with van der Waals surface area (Å²) in [4.78, 5) is 2.37. The summed E-state index contributed by atoms with van der Waals surface area (Å²) in [5.41, 5.74) is 10.7. The molecule has 0 aliphatic carbocycles. The first-order chi connectivity index (χ1) is 27.7. The van der Waals surface area contributed by atoms with E-state index in [4.69, 9.17) is 0 Å². The molecule has 0 atom stereocenters. The maximum atomic E-state index is 2.37. The van der Waals surface area contributed by atoms with Crippen molar-refractivity contribution in [2.45, 2.75) is 0 Å². The molecule has 0 aliphatic heterocycles. The molecule has 0 unspecified atom stereocenters. The summed E-state index contributed by atoms with van der Waals surface area (Å²) in [5.74, 6) is 0. The molecular formula is C54H35NS. The van der Waals surface area contributed by atoms with E-state index < -0.39 is 0 Å². The van der Waals surface area contributed by atoms with Crippen LogP contribution in [0, 0.1) is 0 Å². The molecular weight excluding hydrogens is 695 g/mol. The molecule has 0 spiro atoms. The summed E-state index contributed by atoms with van der Waals surface area (Å²) < 4.78 is 2.65. The van der Waals surface area contributed by atoms with Crippen molar-refractivity contribution < 1.29 is 0 Å². The quantitative estimate of drug-likeness (QED) is 0.154. The van der Waals surface area contributed by atoms with Gasteiger partial charge in [0.1, 0.15) is 0 Å². The van der Waals surface area contributed by atoms with E-state index in [1.165, 1.54) is 85.9 Å². The Morgan fingerprint density at radius 3 is 1.48 bits per heavy atom. The third-order valence-electron chi connectivity index (χ3n) is 11.3. The molecule has 1 nitrogen and oxygen atoms in total. The maximum Gasteiger partial charge on any atom is 0.0462 e. The van der Waals surface area contributed by atoms with Gasteiger partial charge in [0.15, 0.2) is 0 Å². The Morgan fingerprint density at radius 1 is 0.268 bits per heavy atom. The minimum atomic E-state index is 1.11. The van der Waals surface area contributed by atoms with Gasteiger partial charge in [-0.05, 0) is 126 Å². The fourth-order valence-electron chi connectivity index (χ4n) is 8.51. The molecule has 0 saturated carbocycles. The first-order valence-corrected chi connectivity index (χ1v) is 20.0. The van der Waals surface area contributed by atoms with Gasteiger partial charge in [0.25, 0.3) is 0 Å². The zero-order chi connectivity index (χ0) is 37.0. The summed E-state index contributed by atoms with van der Waals surface area (Å²) in [6.45, 7) is 0. The van der Waals surface area contributed by atoms with Gasteiger partial charge in [-0.3, -0.25) is 0 Å². The maximum absolute atomic E-state index is 2.37. The second-order valence-electron chi connectivity index (χ2n) is 14.5. The van der Waals surface area contributed by atoms with Gasteiger partial charge in [-0.15, -0.1) is 11.3 Å². The fraction of sp³-hybridized carbons (Fsp3) is 0. The highest BCUT2D eigenvalue weighted by atomic mass is 32.1. The summed E-state index contributed by atoms with van der Waals surface area (Å²) in [7, 11) is 0. The Labute approximate surface area is 330 Å². The van der Waals surface area contributed by atoms with Crippen LogP contribution < -0.4 is 4.90 Å². The SMILES string of the molecule is c1ccc2c(-c3ccc(N(c4ccc(-c5ccc6sc7ccccc7c6c5)cc4)c4ccc(-c5cc6ccccc6c6ccccc56)cc4)cc3)cccc2c1. The van der Waals surface area contributed by atoms with Crippen LogP contribution in [0.2, 0.25) is 0 Å². The lowest BCUT2D eigenvalue weighted by atomic mass is 9.93. The molecule has 262 valence electrons. The molecule has 2 heteroatoms. The second kappa shape index (κ2) is 13.4. The van der Waals surface area contributed by atoms with Crippen LogP contribution in [0.4, 0.5) is 17.1 Å². The van der Waals surface area contributed by atoms with Crippen LogP contribution in [0.1, 0.15) is 0 Å². The van der Waals surface area contributed by atoms with Crippen molar-refractivity contribution in [2.24, 2.45) is 0 Å². The van der Waals surface area contributed by atoms with Crippen LogP contribution in [0.25, 0.3) is 85.9 Å². The Morgan fingerprint density at radius 2 is 0.768 bits per heavy atom. The molecule has 11 rings (SSSR count). The molecule has 10 aromatic carbocycles. The van der Waals surface area contributed by atoms with E-state index in [9.17, 15) is 0 Å². The van der Waals surface area contributed by atoms with Crippen molar-refractivity contribution in [3.05, 3.63) is 212 Å². The molecule has 0 radical (unpaired) electrons. The lowest BCUT2D eigenvalue weighted by Gasteiger charge is -2.26. The van der Waals surface area contributed by atoms with Crippen molar-refractivity contribution in [1.82, 2.24) is 0 Å². The number of nitrogens with zero attached hydrogens (tertiary/aromatic N) is 1. The molecule has 0 bridgehead atoms. The predicted molar refractivity (Wildman–Crippen MR) is 243 cm³/mol. The average molecular weight is 730 g/mol. The van der Waals surface area contributed by atoms with E-state index in [0.717, 1.165) is 17.1 Å². The smallest absolute Gasteiger partial charge is 0.0462 e. The van der Waals surface area contributed by atoms with Gasteiger partial charge in [-0.2, -0.15) is 0 Å². The number of hydrogen-bond donors (Lipinski definition) is 0. The molecule has 0 aliphatic rings. The van der Waals surface area contributed by atoms with Gasteiger partial charge >= 0.3 is 0 Å². The van der Waals surface area contributed by atoms with Gasteiger partial charge in [0, 0.05) is 37.2 Å². The first-order valence-electron chi connectivity index (χ1n) is 19.2. The lowest BCUT2D eigenvalue weighted by molar-refractivity contribution is 1.28. The minimum absolute atomic E-state index is 1.11. The standard InChI is InChI=1S/C54H35NS/c1-3-13-45-37(10-1)12-9-18-46(45)38-22-29-43(30-23-38)55(42-27-20-36(21-28-42)40-26-33-54-52(34-40)50-17-7-8-19-53(50)56-54)44-31-24-39(25-32-44)51-35-41-11-2-4-14-47(41)48-15-5-6-16-49(48)51/h1-35H. The third-order valence-corrected chi connectivity index (χ3v) is 12.4. The molecule has 0 N–H and O–H groups in total. The van der Waals surface area contributed by atoms with Gasteiger partial charge in [0.05, 0.1) is 0 Å². The highest BCUT2D eigenvalue weighted by molar-refractivity contribution is 7.25. The highest BCUT2D eigenvalue weighted by Crippen LogP contribution is 2.41. The zero-order valence-corrected chi connectivity index (χ0v) is 31.4. The number of anilines is 3. The van der Waals surface area contributed by atoms with E-state index in [0.29, 0.717) is 0 Å². The summed E-state index contributed by atoms with van der Waals surface area (Å²) in [5, 5.41) is 10.2. The number of fused-ring (bicyclic) bond motifs is 7. The van der Waals surface area contributed by atoms with Crippen LogP contribution in [0.3, 0.4) is 0 Å². The molecule has 0 fully saturated rings. The Bertz CT molecular complexity index is 3220. The van der Waals surface area contributed by atoms with Crippen molar-refractivity contribution in [2.75, 3.05) is 4.90 Å². The van der Waals surface area contributed by atoms with Crippen molar-refractivity contribution in [1.29, 1.82) is 0 Å². The molecule has 0 saturated heterocycles. The topological polar surface area (TPSA) is 3.24 Å². The summed E-state index contributed by atoms with van der Waals surface area (Å²) in [6, 6.07) is 77.7. The van der Waals surface area contributed by atoms with E-state index in [1.54, 1.807) is 0 Å². The van der Waals surface area contributed by atoms with Gasteiger partial charge in [0.2, 0.25) is 0 Å². The number of hydrogen-bond acceptors (Lipinski definition) is 2. The van der Waals surface area contributed by atoms with Crippen molar-refractivity contribution in [3.8, 4) is 33.4 Å². The largest absolute Gasteiger partial charge is 0.311 e. The average Bonchev–Trinajstić information content (AvgIpc) is 3.65. The minimum Gasteiger partial charge on any atom is -0.311 e. The first kappa shape index (κ1) is 32.4. The molecule has 11 aromatic rings. The van der Waals surface area contributed by atoms with Gasteiger partial charge in [-0.1, -0.05) is 152 Å². The predicted octanol–water partition coefficient (Wildman–Crippen LogP) is 16.0. The van der Waals surface area contributed by atoms with Crippen LogP contribution in [-0.2, 0) is 0 Å². The molecule has 1 aromatic heterocycles. The van der Waals surface area contributed by atoms with Crippen LogP contribution >= 0.6 is 11.3 Å². The van der Waals surface area contributed by atoms with Crippen molar-refractivity contribution >= 4 is 80.9 Å². The van der Waals surface area contributed by atoms with E-state index in [1.807, 2.05) is 11.3 Å². The van der Waals surface area contributed by atoms with Crippen LogP contribution in [0.15, 0.2) is 212 Å². The van der Waals surface area contributed by atoms with Crippen LogP contribution in [0.5, 0.6) is 0 Å². The monoisotopic (exact) mass is 729 g/mol. The Kier molecular flexibility index (Phi) is 7.75. The normalized spacial score (nSPS) is 11.6. The van der Waals surface area contributed by atoms with E-state index in [2.05, 4.69) is 217 Å². The van der Waals surface area contributed by atoms with Crippen molar-refractivity contribution in [3.63, 3.8) is 0 Å². The Balaban J connectivity index is 1.00. The molecule has 0 amide bonds. The summed E-state index contributed by atoms with van der Waals surface area (Å²) >= 11 is 1.86. The number of thiophene rings is 1. The van der Waals surface area contributed by atoms with E-state index >= 15 is 0 Å². The third kappa shape index (κ3) is 5.54. The zero-order valence-electron chi connectivity index (χ0n) is 30.6. The number of benzene rings is 10. The molecule has 56 heavy (non-hydrogen) atoms. The van der Waals surface area contributed by atoms with Crippen LogP contribution in [-0.4, -0.2) is 0 Å². The molecule has 1 heterocycles. The van der Waals surface area contributed by atoms with E-state index in [-0.39, 0.29) is 0 Å². The fourth-order valence-corrected chi connectivity index (χ4v) is 9.59. The second-order valence-corrected chi connectivity index (χ2v) is 15.6. The number of rotatable bonds is 6. The lowest BCUT2D eigenvalue weighted by Crippen LogP contribution is -2.09. The Hall–Kier alpha value is -7.00. The highest BCUT2D eigenvalue weighted by Gasteiger charge is 2.16. The summed E-state index contributed by atoms with van der Waals surface area (Å²) in [6.07, 6.45) is 0. The van der Waals surface area contributed by atoms with Gasteiger partial charge < -0.3 is 4.90 Å². The van der Waals surface area contributed by atoms with Gasteiger partial charge in [-0.25, -0.2) is 0 Å².